The van der Waals surface area contributed by atoms with Crippen molar-refractivity contribution in [2.45, 2.75) is 26.4 Å². The average molecular weight is 232 g/mol. The summed E-state index contributed by atoms with van der Waals surface area (Å²) in [7, 11) is 0. The van der Waals surface area contributed by atoms with Gasteiger partial charge in [-0.15, -0.1) is 11.3 Å². The van der Waals surface area contributed by atoms with E-state index in [0.717, 1.165) is 11.6 Å². The van der Waals surface area contributed by atoms with Gasteiger partial charge >= 0.3 is 0 Å². The van der Waals surface area contributed by atoms with E-state index in [4.69, 9.17) is 0 Å². The van der Waals surface area contributed by atoms with Crippen molar-refractivity contribution in [1.82, 2.24) is 10.3 Å². The lowest BCUT2D eigenvalue weighted by Crippen LogP contribution is -2.17. The van der Waals surface area contributed by atoms with Crippen LogP contribution >= 0.6 is 11.3 Å². The zero-order valence-electron chi connectivity index (χ0n) is 9.60. The van der Waals surface area contributed by atoms with E-state index in [0.29, 0.717) is 6.04 Å². The van der Waals surface area contributed by atoms with E-state index < -0.39 is 0 Å². The van der Waals surface area contributed by atoms with Crippen molar-refractivity contribution in [3.63, 3.8) is 0 Å². The van der Waals surface area contributed by atoms with E-state index in [9.17, 15) is 0 Å². The van der Waals surface area contributed by atoms with Gasteiger partial charge in [0.2, 0.25) is 0 Å². The van der Waals surface area contributed by atoms with E-state index in [-0.39, 0.29) is 0 Å². The predicted octanol–water partition coefficient (Wildman–Crippen LogP) is 3.30. The van der Waals surface area contributed by atoms with Crippen LogP contribution in [0.25, 0.3) is 0 Å². The topological polar surface area (TPSA) is 24.9 Å². The fourth-order valence-corrected chi connectivity index (χ4v) is 2.21. The predicted molar refractivity (Wildman–Crippen MR) is 68.5 cm³/mol. The van der Waals surface area contributed by atoms with Gasteiger partial charge in [0.25, 0.3) is 0 Å². The molecular weight excluding hydrogens is 216 g/mol. The van der Waals surface area contributed by atoms with Crippen LogP contribution in [0.3, 0.4) is 0 Å². The molecule has 1 aromatic carbocycles. The zero-order valence-corrected chi connectivity index (χ0v) is 10.4. The normalized spacial score (nSPS) is 12.6. The fraction of sp³-hybridized carbons (Fsp3) is 0.308. The highest BCUT2D eigenvalue weighted by Gasteiger charge is 2.05. The number of aromatic nitrogens is 1. The van der Waals surface area contributed by atoms with Gasteiger partial charge in [0.1, 0.15) is 5.01 Å². The number of aryl methyl sites for hydroxylation is 1. The summed E-state index contributed by atoms with van der Waals surface area (Å²) >= 11 is 1.69. The first-order valence-electron chi connectivity index (χ1n) is 5.44. The Morgan fingerprint density at radius 2 is 2.31 bits per heavy atom. The van der Waals surface area contributed by atoms with Crippen molar-refractivity contribution >= 4 is 11.3 Å². The van der Waals surface area contributed by atoms with E-state index in [1.165, 1.54) is 11.1 Å². The second-order valence-corrected chi connectivity index (χ2v) is 4.92. The Bertz CT molecular complexity index is 437. The molecule has 0 radical (unpaired) electrons. The van der Waals surface area contributed by atoms with Crippen LogP contribution in [0, 0.1) is 6.92 Å². The van der Waals surface area contributed by atoms with Crippen molar-refractivity contribution in [3.8, 4) is 0 Å². The molecule has 0 bridgehead atoms. The van der Waals surface area contributed by atoms with E-state index in [1.807, 2.05) is 11.6 Å². The molecule has 0 unspecified atom stereocenters. The fourth-order valence-electron chi connectivity index (χ4n) is 1.64. The summed E-state index contributed by atoms with van der Waals surface area (Å²) in [6, 6.07) is 8.97. The molecule has 0 amide bonds. The van der Waals surface area contributed by atoms with Crippen LogP contribution in [0.15, 0.2) is 35.8 Å². The molecule has 1 aromatic heterocycles. The summed E-state index contributed by atoms with van der Waals surface area (Å²) in [5.41, 5.74) is 2.64. The van der Waals surface area contributed by atoms with Crippen LogP contribution in [0.4, 0.5) is 0 Å². The highest BCUT2D eigenvalue weighted by molar-refractivity contribution is 7.09. The van der Waals surface area contributed by atoms with Gasteiger partial charge < -0.3 is 5.32 Å². The maximum atomic E-state index is 4.26. The maximum absolute atomic E-state index is 4.26. The molecule has 0 fully saturated rings. The summed E-state index contributed by atoms with van der Waals surface area (Å²) in [4.78, 5) is 4.26. The number of nitrogens with one attached hydrogen (secondary N) is 1. The highest BCUT2D eigenvalue weighted by atomic mass is 32.1. The lowest BCUT2D eigenvalue weighted by Gasteiger charge is -2.13. The van der Waals surface area contributed by atoms with Gasteiger partial charge in [0.15, 0.2) is 0 Å². The van der Waals surface area contributed by atoms with Gasteiger partial charge in [-0.3, -0.25) is 0 Å². The Morgan fingerprint density at radius 1 is 1.44 bits per heavy atom. The summed E-state index contributed by atoms with van der Waals surface area (Å²) in [5, 5.41) is 6.62. The first kappa shape index (κ1) is 11.3. The minimum absolute atomic E-state index is 0.365. The third-order valence-corrected chi connectivity index (χ3v) is 3.36. The Kier molecular flexibility index (Phi) is 3.70. The minimum atomic E-state index is 0.365. The van der Waals surface area contributed by atoms with E-state index >= 15 is 0 Å². The Morgan fingerprint density at radius 3 is 3.00 bits per heavy atom. The van der Waals surface area contributed by atoms with Crippen molar-refractivity contribution in [2.75, 3.05) is 0 Å². The molecule has 0 aliphatic rings. The average Bonchev–Trinajstić information content (AvgIpc) is 2.78. The first-order chi connectivity index (χ1) is 7.75. The molecule has 2 aromatic rings. The largest absolute Gasteiger partial charge is 0.304 e. The SMILES string of the molecule is Cc1cccc([C@@H](C)NCc2nccs2)c1. The molecule has 84 valence electrons. The lowest BCUT2D eigenvalue weighted by molar-refractivity contribution is 0.573. The van der Waals surface area contributed by atoms with Crippen LogP contribution in [-0.2, 0) is 6.54 Å². The Hall–Kier alpha value is -1.19. The van der Waals surface area contributed by atoms with Crippen LogP contribution in [0.1, 0.15) is 29.1 Å². The number of nitrogens with zero attached hydrogens (tertiary/aromatic N) is 1. The van der Waals surface area contributed by atoms with Crippen LogP contribution in [0.2, 0.25) is 0 Å². The third kappa shape index (κ3) is 2.90. The Labute approximate surface area is 100 Å². The maximum Gasteiger partial charge on any atom is 0.106 e. The summed E-state index contributed by atoms with van der Waals surface area (Å²) in [6.07, 6.45) is 1.85. The molecular formula is C13H16N2S. The second kappa shape index (κ2) is 5.23. The first-order valence-corrected chi connectivity index (χ1v) is 6.32. The zero-order chi connectivity index (χ0) is 11.4. The molecule has 0 spiro atoms. The Balaban J connectivity index is 1.95. The molecule has 1 atom stereocenters. The molecule has 2 rings (SSSR count). The molecule has 0 saturated carbocycles. The minimum Gasteiger partial charge on any atom is -0.304 e. The molecule has 16 heavy (non-hydrogen) atoms. The quantitative estimate of drug-likeness (QED) is 0.875. The molecule has 2 nitrogen and oxygen atoms in total. The number of benzene rings is 1. The third-order valence-electron chi connectivity index (χ3n) is 2.59. The van der Waals surface area contributed by atoms with Crippen LogP contribution < -0.4 is 5.32 Å². The standard InChI is InChI=1S/C13H16N2S/c1-10-4-3-5-12(8-10)11(2)15-9-13-14-6-7-16-13/h3-8,11,15H,9H2,1-2H3/t11-/m1/s1. The van der Waals surface area contributed by atoms with Gasteiger partial charge in [-0.1, -0.05) is 29.8 Å². The molecule has 0 aliphatic carbocycles. The highest BCUT2D eigenvalue weighted by Crippen LogP contribution is 2.14. The lowest BCUT2D eigenvalue weighted by atomic mass is 10.1. The van der Waals surface area contributed by atoms with E-state index in [1.54, 1.807) is 11.3 Å². The number of hydrogen-bond acceptors (Lipinski definition) is 3. The van der Waals surface area contributed by atoms with Gasteiger partial charge in [-0.05, 0) is 19.4 Å². The number of rotatable bonds is 4. The van der Waals surface area contributed by atoms with Crippen molar-refractivity contribution < 1.29 is 0 Å². The van der Waals surface area contributed by atoms with Crippen molar-refractivity contribution in [3.05, 3.63) is 52.0 Å². The summed E-state index contributed by atoms with van der Waals surface area (Å²) in [6.45, 7) is 5.15. The molecule has 3 heteroatoms. The number of thiazole rings is 1. The van der Waals surface area contributed by atoms with Crippen LogP contribution in [0.5, 0.6) is 0 Å². The van der Waals surface area contributed by atoms with Crippen molar-refractivity contribution in [2.24, 2.45) is 0 Å². The molecule has 0 aliphatic heterocycles. The van der Waals surface area contributed by atoms with Crippen LogP contribution in [-0.4, -0.2) is 4.98 Å². The second-order valence-electron chi connectivity index (χ2n) is 3.94. The number of hydrogen-bond donors (Lipinski definition) is 1. The van der Waals surface area contributed by atoms with E-state index in [2.05, 4.69) is 48.4 Å². The smallest absolute Gasteiger partial charge is 0.106 e. The summed E-state index contributed by atoms with van der Waals surface area (Å²) in [5.74, 6) is 0. The van der Waals surface area contributed by atoms with Gasteiger partial charge in [0, 0.05) is 24.2 Å². The monoisotopic (exact) mass is 232 g/mol. The van der Waals surface area contributed by atoms with Gasteiger partial charge in [-0.2, -0.15) is 0 Å². The molecule has 1 N–H and O–H groups in total. The molecule has 1 heterocycles. The van der Waals surface area contributed by atoms with Gasteiger partial charge in [-0.25, -0.2) is 4.98 Å². The van der Waals surface area contributed by atoms with Gasteiger partial charge in [0.05, 0.1) is 0 Å². The summed E-state index contributed by atoms with van der Waals surface area (Å²) < 4.78 is 0. The molecule has 0 saturated heterocycles. The van der Waals surface area contributed by atoms with Crippen molar-refractivity contribution in [1.29, 1.82) is 0 Å².